The summed E-state index contributed by atoms with van der Waals surface area (Å²) < 4.78 is 26.1. The summed E-state index contributed by atoms with van der Waals surface area (Å²) in [4.78, 5) is 14.4. The molecule has 2 aromatic rings. The summed E-state index contributed by atoms with van der Waals surface area (Å²) in [6, 6.07) is 10.9. The molecule has 0 bridgehead atoms. The number of nitrogens with one attached hydrogen (secondary N) is 1. The molecule has 0 spiro atoms. The van der Waals surface area contributed by atoms with Crippen LogP contribution in [0.2, 0.25) is 0 Å². The van der Waals surface area contributed by atoms with Gasteiger partial charge in [-0.2, -0.15) is 0 Å². The van der Waals surface area contributed by atoms with Gasteiger partial charge in [0.15, 0.2) is 11.6 Å². The van der Waals surface area contributed by atoms with E-state index in [2.05, 4.69) is 11.4 Å². The van der Waals surface area contributed by atoms with Crippen LogP contribution in [-0.4, -0.2) is 18.5 Å². The van der Waals surface area contributed by atoms with Gasteiger partial charge in [0.25, 0.3) is 0 Å². The second-order valence-corrected chi connectivity index (χ2v) is 5.37. The first-order chi connectivity index (χ1) is 10.6. The maximum Gasteiger partial charge on any atom is 0.246 e. The Balaban J connectivity index is 1.74. The SMILES string of the molecule is C[C@H](C(=O)Nc1ccc(F)c(F)c1)N1CCc2ccccc21. The number of carbonyl (C=O) groups excluding carboxylic acids is 1. The predicted molar refractivity (Wildman–Crippen MR) is 81.9 cm³/mol. The molecule has 1 heterocycles. The van der Waals surface area contributed by atoms with Gasteiger partial charge in [-0.3, -0.25) is 4.79 Å². The van der Waals surface area contributed by atoms with E-state index < -0.39 is 17.7 Å². The van der Waals surface area contributed by atoms with Crippen LogP contribution < -0.4 is 10.2 Å². The average Bonchev–Trinajstić information content (AvgIpc) is 2.94. The monoisotopic (exact) mass is 302 g/mol. The van der Waals surface area contributed by atoms with Gasteiger partial charge in [0.1, 0.15) is 6.04 Å². The number of carbonyl (C=O) groups is 1. The number of hydrogen-bond acceptors (Lipinski definition) is 2. The fourth-order valence-corrected chi connectivity index (χ4v) is 2.73. The quantitative estimate of drug-likeness (QED) is 0.943. The van der Waals surface area contributed by atoms with E-state index >= 15 is 0 Å². The summed E-state index contributed by atoms with van der Waals surface area (Å²) in [7, 11) is 0. The smallest absolute Gasteiger partial charge is 0.246 e. The molecule has 1 aliphatic rings. The van der Waals surface area contributed by atoms with Crippen LogP contribution in [0.15, 0.2) is 42.5 Å². The van der Waals surface area contributed by atoms with Gasteiger partial charge in [0.05, 0.1) is 0 Å². The van der Waals surface area contributed by atoms with Crippen LogP contribution in [0.5, 0.6) is 0 Å². The molecule has 0 saturated heterocycles. The lowest BCUT2D eigenvalue weighted by atomic mass is 10.1. The summed E-state index contributed by atoms with van der Waals surface area (Å²) in [6.45, 7) is 2.57. The number of anilines is 2. The van der Waals surface area contributed by atoms with Crippen LogP contribution in [0.25, 0.3) is 0 Å². The molecule has 0 aliphatic carbocycles. The summed E-state index contributed by atoms with van der Waals surface area (Å²) >= 11 is 0. The van der Waals surface area contributed by atoms with Gasteiger partial charge < -0.3 is 10.2 Å². The fourth-order valence-electron chi connectivity index (χ4n) is 2.73. The third-order valence-corrected chi connectivity index (χ3v) is 3.96. The van der Waals surface area contributed by atoms with E-state index in [1.165, 1.54) is 11.6 Å². The second kappa shape index (κ2) is 5.75. The fraction of sp³-hybridized carbons (Fsp3) is 0.235. The Morgan fingerprint density at radius 1 is 1.18 bits per heavy atom. The Kier molecular flexibility index (Phi) is 3.79. The van der Waals surface area contributed by atoms with Crippen molar-refractivity contribution >= 4 is 17.3 Å². The number of halogens is 2. The number of amides is 1. The summed E-state index contributed by atoms with van der Waals surface area (Å²) in [5.41, 5.74) is 2.52. The molecule has 0 radical (unpaired) electrons. The second-order valence-electron chi connectivity index (χ2n) is 5.37. The molecule has 5 heteroatoms. The van der Waals surface area contributed by atoms with E-state index in [1.54, 1.807) is 6.92 Å². The number of fused-ring (bicyclic) bond motifs is 1. The largest absolute Gasteiger partial charge is 0.359 e. The summed E-state index contributed by atoms with van der Waals surface area (Å²) in [6.07, 6.45) is 0.902. The molecule has 1 amide bonds. The Labute approximate surface area is 127 Å². The molecule has 0 aromatic heterocycles. The van der Waals surface area contributed by atoms with Crippen LogP contribution in [0.4, 0.5) is 20.2 Å². The standard InChI is InChI=1S/C17H16F2N2O/c1-11(21-9-8-12-4-2-3-5-16(12)21)17(22)20-13-6-7-14(18)15(19)10-13/h2-7,10-11H,8-9H2,1H3,(H,20,22)/t11-/m1/s1. The molecule has 1 atom stereocenters. The zero-order chi connectivity index (χ0) is 15.7. The highest BCUT2D eigenvalue weighted by molar-refractivity contribution is 5.97. The van der Waals surface area contributed by atoms with Crippen LogP contribution in [-0.2, 0) is 11.2 Å². The molecule has 2 aromatic carbocycles. The van der Waals surface area contributed by atoms with Gasteiger partial charge in [-0.25, -0.2) is 8.78 Å². The molecule has 0 unspecified atom stereocenters. The van der Waals surface area contributed by atoms with E-state index in [1.807, 2.05) is 23.1 Å². The molecule has 0 fully saturated rings. The van der Waals surface area contributed by atoms with Crippen LogP contribution in [0.3, 0.4) is 0 Å². The van der Waals surface area contributed by atoms with Crippen molar-refractivity contribution < 1.29 is 13.6 Å². The van der Waals surface area contributed by atoms with E-state index in [-0.39, 0.29) is 11.6 Å². The third-order valence-electron chi connectivity index (χ3n) is 3.96. The third kappa shape index (κ3) is 2.66. The number of rotatable bonds is 3. The first-order valence-electron chi connectivity index (χ1n) is 7.17. The van der Waals surface area contributed by atoms with Crippen molar-refractivity contribution in [3.05, 3.63) is 59.7 Å². The lowest BCUT2D eigenvalue weighted by Crippen LogP contribution is -2.41. The zero-order valence-electron chi connectivity index (χ0n) is 12.1. The minimum atomic E-state index is -0.975. The van der Waals surface area contributed by atoms with Crippen molar-refractivity contribution in [1.82, 2.24) is 0 Å². The summed E-state index contributed by atoms with van der Waals surface area (Å²) in [5, 5.41) is 2.63. The van der Waals surface area contributed by atoms with Crippen LogP contribution >= 0.6 is 0 Å². The molecule has 22 heavy (non-hydrogen) atoms. The Morgan fingerprint density at radius 2 is 1.95 bits per heavy atom. The number of para-hydroxylation sites is 1. The average molecular weight is 302 g/mol. The molecule has 1 N–H and O–H groups in total. The highest BCUT2D eigenvalue weighted by atomic mass is 19.2. The molecule has 0 saturated carbocycles. The molecular weight excluding hydrogens is 286 g/mol. The zero-order valence-corrected chi connectivity index (χ0v) is 12.1. The minimum absolute atomic E-state index is 0.247. The predicted octanol–water partition coefficient (Wildman–Crippen LogP) is 3.35. The van der Waals surface area contributed by atoms with Gasteiger partial charge in [-0.1, -0.05) is 18.2 Å². The van der Waals surface area contributed by atoms with Gasteiger partial charge in [-0.15, -0.1) is 0 Å². The first kappa shape index (κ1) is 14.5. The number of hydrogen-bond donors (Lipinski definition) is 1. The topological polar surface area (TPSA) is 32.3 Å². The van der Waals surface area contributed by atoms with Crippen molar-refractivity contribution in [3.63, 3.8) is 0 Å². The number of benzene rings is 2. The lowest BCUT2D eigenvalue weighted by molar-refractivity contribution is -0.117. The van der Waals surface area contributed by atoms with Crippen molar-refractivity contribution in [1.29, 1.82) is 0 Å². The van der Waals surface area contributed by atoms with Gasteiger partial charge in [0, 0.05) is 24.0 Å². The summed E-state index contributed by atoms with van der Waals surface area (Å²) in [5.74, 6) is -2.15. The normalized spacial score (nSPS) is 14.6. The highest BCUT2D eigenvalue weighted by Gasteiger charge is 2.27. The van der Waals surface area contributed by atoms with E-state index in [9.17, 15) is 13.6 Å². The Hall–Kier alpha value is -2.43. The molecule has 3 nitrogen and oxygen atoms in total. The first-order valence-corrected chi connectivity index (χ1v) is 7.17. The van der Waals surface area contributed by atoms with Crippen molar-refractivity contribution in [3.8, 4) is 0 Å². The Bertz CT molecular complexity index is 718. The highest BCUT2D eigenvalue weighted by Crippen LogP contribution is 2.29. The Morgan fingerprint density at radius 3 is 2.73 bits per heavy atom. The van der Waals surface area contributed by atoms with E-state index in [4.69, 9.17) is 0 Å². The van der Waals surface area contributed by atoms with Gasteiger partial charge >= 0.3 is 0 Å². The molecular formula is C17H16F2N2O. The van der Waals surface area contributed by atoms with Crippen molar-refractivity contribution in [2.45, 2.75) is 19.4 Å². The van der Waals surface area contributed by atoms with Crippen LogP contribution in [0.1, 0.15) is 12.5 Å². The number of nitrogens with zero attached hydrogens (tertiary/aromatic N) is 1. The maximum atomic E-state index is 13.2. The van der Waals surface area contributed by atoms with Crippen LogP contribution in [0, 0.1) is 11.6 Å². The van der Waals surface area contributed by atoms with Gasteiger partial charge in [0.2, 0.25) is 5.91 Å². The minimum Gasteiger partial charge on any atom is -0.359 e. The molecule has 1 aliphatic heterocycles. The maximum absolute atomic E-state index is 13.2. The lowest BCUT2D eigenvalue weighted by Gasteiger charge is -2.26. The van der Waals surface area contributed by atoms with E-state index in [0.717, 1.165) is 30.8 Å². The molecule has 3 rings (SSSR count). The van der Waals surface area contributed by atoms with Crippen molar-refractivity contribution in [2.24, 2.45) is 0 Å². The van der Waals surface area contributed by atoms with E-state index in [0.29, 0.717) is 0 Å². The van der Waals surface area contributed by atoms with Crippen molar-refractivity contribution in [2.75, 3.05) is 16.8 Å². The molecule has 114 valence electrons. The van der Waals surface area contributed by atoms with Gasteiger partial charge in [-0.05, 0) is 37.1 Å².